The average molecular weight is 197 g/mol. The van der Waals surface area contributed by atoms with Crippen LogP contribution in [0.1, 0.15) is 19.8 Å². The fourth-order valence-electron chi connectivity index (χ4n) is 2.08. The molecular weight excluding hydrogens is 178 g/mol. The number of amides is 1. The Morgan fingerprint density at radius 2 is 2.21 bits per heavy atom. The lowest BCUT2D eigenvalue weighted by Crippen LogP contribution is -2.39. The second kappa shape index (κ2) is 3.21. The maximum atomic E-state index is 12.0. The predicted octanol–water partition coefficient (Wildman–Crippen LogP) is -0.142. The minimum absolute atomic E-state index is 0.147. The van der Waals surface area contributed by atoms with Crippen LogP contribution in [0.4, 0.5) is 0 Å². The van der Waals surface area contributed by atoms with Crippen LogP contribution in [-0.4, -0.2) is 54.6 Å². The second-order valence-corrected chi connectivity index (χ2v) is 4.70. The van der Waals surface area contributed by atoms with Gasteiger partial charge in [0.25, 0.3) is 0 Å². The van der Waals surface area contributed by atoms with E-state index < -0.39 is 0 Å². The maximum Gasteiger partial charge on any atom is 0.244 e. The van der Waals surface area contributed by atoms with Gasteiger partial charge in [-0.1, -0.05) is 0 Å². The van der Waals surface area contributed by atoms with E-state index in [2.05, 4.69) is 17.1 Å². The Balaban J connectivity index is 1.95. The molecule has 1 aliphatic heterocycles. The van der Waals surface area contributed by atoms with Gasteiger partial charge in [-0.3, -0.25) is 10.1 Å². The fraction of sp³-hybridized carbons (Fsp3) is 0.900. The molecule has 2 aliphatic rings. The molecule has 0 bridgehead atoms. The van der Waals surface area contributed by atoms with Gasteiger partial charge in [0.1, 0.15) is 0 Å². The number of hydrogen-bond donors (Lipinski definition) is 1. The largest absolute Gasteiger partial charge is 0.325 e. The third-order valence-corrected chi connectivity index (χ3v) is 3.16. The Kier molecular flexibility index (Phi) is 2.27. The molecule has 0 aromatic rings. The van der Waals surface area contributed by atoms with E-state index in [1.54, 1.807) is 0 Å². The Morgan fingerprint density at radius 3 is 2.64 bits per heavy atom. The summed E-state index contributed by atoms with van der Waals surface area (Å²) in [5.74, 6) is 0.312. The molecule has 0 radical (unpaired) electrons. The van der Waals surface area contributed by atoms with Crippen molar-refractivity contribution in [2.75, 3.05) is 27.2 Å². The third kappa shape index (κ3) is 1.53. The fourth-order valence-corrected chi connectivity index (χ4v) is 2.08. The van der Waals surface area contributed by atoms with E-state index in [0.29, 0.717) is 5.91 Å². The Labute approximate surface area is 85.2 Å². The van der Waals surface area contributed by atoms with Crippen molar-refractivity contribution < 1.29 is 4.79 Å². The number of rotatable bonds is 3. The number of nitrogens with zero attached hydrogens (tertiary/aromatic N) is 2. The van der Waals surface area contributed by atoms with Gasteiger partial charge in [0, 0.05) is 13.1 Å². The predicted molar refractivity (Wildman–Crippen MR) is 54.8 cm³/mol. The first kappa shape index (κ1) is 9.93. The van der Waals surface area contributed by atoms with Crippen LogP contribution in [0.25, 0.3) is 0 Å². The van der Waals surface area contributed by atoms with Gasteiger partial charge in [0.2, 0.25) is 5.91 Å². The Bertz CT molecular complexity index is 248. The van der Waals surface area contributed by atoms with E-state index in [4.69, 9.17) is 0 Å². The van der Waals surface area contributed by atoms with E-state index >= 15 is 0 Å². The lowest BCUT2D eigenvalue weighted by Gasteiger charge is -2.22. The van der Waals surface area contributed by atoms with Crippen LogP contribution in [0.5, 0.6) is 0 Å². The lowest BCUT2D eigenvalue weighted by atomic mass is 10.3. The molecule has 0 aromatic carbocycles. The van der Waals surface area contributed by atoms with E-state index in [1.807, 2.05) is 19.0 Å². The van der Waals surface area contributed by atoms with Gasteiger partial charge in [0.15, 0.2) is 0 Å². The van der Waals surface area contributed by atoms with Crippen LogP contribution in [0.3, 0.4) is 0 Å². The number of likely N-dealkylation sites (N-methyl/N-ethyl adjacent to an activating group) is 1. The highest BCUT2D eigenvalue weighted by atomic mass is 16.2. The molecule has 14 heavy (non-hydrogen) atoms. The quantitative estimate of drug-likeness (QED) is 0.684. The monoisotopic (exact) mass is 197 g/mol. The number of hydrogen-bond acceptors (Lipinski definition) is 3. The summed E-state index contributed by atoms with van der Waals surface area (Å²) in [5, 5.41) is 3.39. The molecule has 4 nitrogen and oxygen atoms in total. The molecule has 2 rings (SSSR count). The molecule has 1 saturated heterocycles. The maximum absolute atomic E-state index is 12.0. The van der Waals surface area contributed by atoms with Crippen LogP contribution in [0.2, 0.25) is 0 Å². The van der Waals surface area contributed by atoms with Crippen molar-refractivity contribution in [1.29, 1.82) is 0 Å². The molecule has 1 heterocycles. The molecule has 1 spiro atoms. The zero-order valence-electron chi connectivity index (χ0n) is 9.21. The number of carbonyl (C=O) groups excluding carboxylic acids is 1. The van der Waals surface area contributed by atoms with E-state index in [1.165, 1.54) is 0 Å². The molecule has 1 N–H and O–H groups in total. The molecule has 1 atom stereocenters. The standard InChI is InChI=1S/C10H19N3O/c1-8-11-10(4-5-10)9(14)13(8)7-6-12(2)3/h8,11H,4-7H2,1-3H3. The van der Waals surface area contributed by atoms with Crippen molar-refractivity contribution in [2.45, 2.75) is 31.5 Å². The van der Waals surface area contributed by atoms with Gasteiger partial charge in [-0.05, 0) is 33.9 Å². The van der Waals surface area contributed by atoms with Gasteiger partial charge < -0.3 is 9.80 Å². The van der Waals surface area contributed by atoms with Gasteiger partial charge in [0.05, 0.1) is 11.7 Å². The summed E-state index contributed by atoms with van der Waals surface area (Å²) in [6.07, 6.45) is 2.26. The van der Waals surface area contributed by atoms with Crippen molar-refractivity contribution >= 4 is 5.91 Å². The first-order valence-electron chi connectivity index (χ1n) is 5.29. The van der Waals surface area contributed by atoms with Crippen molar-refractivity contribution in [3.8, 4) is 0 Å². The molecule has 80 valence electrons. The van der Waals surface area contributed by atoms with Crippen molar-refractivity contribution in [3.05, 3.63) is 0 Å². The first-order valence-corrected chi connectivity index (χ1v) is 5.29. The zero-order chi connectivity index (χ0) is 10.3. The molecule has 1 amide bonds. The summed E-state index contributed by atoms with van der Waals surface area (Å²) in [5.41, 5.74) is -0.147. The second-order valence-electron chi connectivity index (χ2n) is 4.70. The third-order valence-electron chi connectivity index (χ3n) is 3.16. The minimum atomic E-state index is -0.147. The van der Waals surface area contributed by atoms with Crippen LogP contribution in [-0.2, 0) is 4.79 Å². The summed E-state index contributed by atoms with van der Waals surface area (Å²) in [4.78, 5) is 16.0. The van der Waals surface area contributed by atoms with Crippen LogP contribution < -0.4 is 5.32 Å². The van der Waals surface area contributed by atoms with Crippen LogP contribution in [0, 0.1) is 0 Å². The van der Waals surface area contributed by atoms with Crippen LogP contribution in [0.15, 0.2) is 0 Å². The Hall–Kier alpha value is -0.610. The topological polar surface area (TPSA) is 35.6 Å². The normalized spacial score (nSPS) is 29.3. The van der Waals surface area contributed by atoms with Crippen molar-refractivity contribution in [2.24, 2.45) is 0 Å². The molecule has 4 heteroatoms. The van der Waals surface area contributed by atoms with Crippen molar-refractivity contribution in [1.82, 2.24) is 15.1 Å². The summed E-state index contributed by atoms with van der Waals surface area (Å²) >= 11 is 0. The summed E-state index contributed by atoms with van der Waals surface area (Å²) < 4.78 is 0. The van der Waals surface area contributed by atoms with Gasteiger partial charge in [-0.2, -0.15) is 0 Å². The SMILES string of the molecule is CC1NC2(CC2)C(=O)N1CCN(C)C. The Morgan fingerprint density at radius 1 is 1.57 bits per heavy atom. The summed E-state index contributed by atoms with van der Waals surface area (Å²) in [6, 6.07) is 0. The van der Waals surface area contributed by atoms with Gasteiger partial charge in [-0.15, -0.1) is 0 Å². The average Bonchev–Trinajstić information content (AvgIpc) is 2.80. The number of carbonyl (C=O) groups is 1. The lowest BCUT2D eigenvalue weighted by molar-refractivity contribution is -0.130. The van der Waals surface area contributed by atoms with E-state index in [0.717, 1.165) is 25.9 Å². The van der Waals surface area contributed by atoms with Crippen molar-refractivity contribution in [3.63, 3.8) is 0 Å². The van der Waals surface area contributed by atoms with E-state index in [-0.39, 0.29) is 11.7 Å². The molecule has 1 aliphatic carbocycles. The molecular formula is C10H19N3O. The van der Waals surface area contributed by atoms with E-state index in [9.17, 15) is 4.79 Å². The number of nitrogens with one attached hydrogen (secondary N) is 1. The smallest absolute Gasteiger partial charge is 0.244 e. The van der Waals surface area contributed by atoms with Gasteiger partial charge in [-0.25, -0.2) is 0 Å². The highest BCUT2D eigenvalue weighted by Gasteiger charge is 2.57. The van der Waals surface area contributed by atoms with Gasteiger partial charge >= 0.3 is 0 Å². The summed E-state index contributed by atoms with van der Waals surface area (Å²) in [7, 11) is 4.07. The first-order chi connectivity index (χ1) is 6.55. The highest BCUT2D eigenvalue weighted by molar-refractivity contribution is 5.91. The zero-order valence-corrected chi connectivity index (χ0v) is 9.21. The summed E-state index contributed by atoms with van der Waals surface area (Å²) in [6.45, 7) is 3.84. The molecule has 2 fully saturated rings. The minimum Gasteiger partial charge on any atom is -0.325 e. The van der Waals surface area contributed by atoms with Crippen LogP contribution >= 0.6 is 0 Å². The molecule has 1 unspecified atom stereocenters. The molecule has 0 aromatic heterocycles. The highest BCUT2D eigenvalue weighted by Crippen LogP contribution is 2.41. The molecule has 1 saturated carbocycles.